The van der Waals surface area contributed by atoms with Crippen LogP contribution in [-0.2, 0) is 13.5 Å². The first-order valence-electron chi connectivity index (χ1n) is 11.2. The van der Waals surface area contributed by atoms with E-state index in [0.717, 1.165) is 51.9 Å². The lowest BCUT2D eigenvalue weighted by molar-refractivity contribution is 0.171. The van der Waals surface area contributed by atoms with Gasteiger partial charge in [-0.15, -0.1) is 0 Å². The molecule has 2 aromatic heterocycles. The molecule has 0 spiro atoms. The van der Waals surface area contributed by atoms with Crippen LogP contribution in [-0.4, -0.2) is 33.0 Å². The molecule has 5 rings (SSSR count). The molecule has 0 radical (unpaired) electrons. The number of nitrogens with zero attached hydrogens (tertiary/aromatic N) is 4. The van der Waals surface area contributed by atoms with Crippen molar-refractivity contribution in [3.8, 4) is 33.9 Å². The monoisotopic (exact) mass is 441 g/mol. The molecule has 33 heavy (non-hydrogen) atoms. The molecule has 7 nitrogen and oxygen atoms in total. The fourth-order valence-electron chi connectivity index (χ4n) is 3.94. The van der Waals surface area contributed by atoms with Crippen molar-refractivity contribution in [1.82, 2.24) is 19.7 Å². The first-order valence-corrected chi connectivity index (χ1v) is 11.2. The van der Waals surface area contributed by atoms with Crippen LogP contribution in [0, 0.1) is 0 Å². The molecule has 0 bridgehead atoms. The van der Waals surface area contributed by atoms with Crippen molar-refractivity contribution < 1.29 is 9.47 Å². The van der Waals surface area contributed by atoms with Crippen LogP contribution in [0.1, 0.15) is 31.3 Å². The number of aryl methyl sites for hydroxylation is 2. The van der Waals surface area contributed by atoms with Crippen LogP contribution in [0.3, 0.4) is 0 Å². The Kier molecular flexibility index (Phi) is 5.69. The molecular weight excluding hydrogens is 414 g/mol. The van der Waals surface area contributed by atoms with Gasteiger partial charge >= 0.3 is 0 Å². The van der Waals surface area contributed by atoms with Gasteiger partial charge in [0, 0.05) is 42.9 Å². The van der Waals surface area contributed by atoms with Crippen LogP contribution >= 0.6 is 0 Å². The summed E-state index contributed by atoms with van der Waals surface area (Å²) in [6, 6.07) is 16.5. The average molecular weight is 442 g/mol. The summed E-state index contributed by atoms with van der Waals surface area (Å²) in [7, 11) is 1.93. The maximum atomic E-state index is 5.75. The number of hydrogen-bond acceptors (Lipinski definition) is 6. The molecule has 0 saturated heterocycles. The molecule has 3 heterocycles. The molecule has 0 amide bonds. The molecule has 0 fully saturated rings. The minimum atomic E-state index is 0.0642. The number of anilines is 1. The smallest absolute Gasteiger partial charge is 0.162 e. The largest absolute Gasteiger partial charge is 0.486 e. The van der Waals surface area contributed by atoms with Crippen LogP contribution < -0.4 is 14.8 Å². The van der Waals surface area contributed by atoms with Gasteiger partial charge in [-0.1, -0.05) is 25.1 Å². The van der Waals surface area contributed by atoms with Crippen molar-refractivity contribution in [3.63, 3.8) is 0 Å². The molecule has 168 valence electrons. The second-order valence-electron chi connectivity index (χ2n) is 8.16. The van der Waals surface area contributed by atoms with Gasteiger partial charge in [-0.3, -0.25) is 4.68 Å². The highest BCUT2D eigenvalue weighted by Gasteiger charge is 2.15. The second-order valence-corrected chi connectivity index (χ2v) is 8.16. The molecular formula is C26H27N5O2. The van der Waals surface area contributed by atoms with Crippen molar-refractivity contribution in [3.05, 3.63) is 72.3 Å². The highest BCUT2D eigenvalue weighted by molar-refractivity contribution is 5.67. The third kappa shape index (κ3) is 4.53. The van der Waals surface area contributed by atoms with E-state index in [9.17, 15) is 0 Å². The van der Waals surface area contributed by atoms with E-state index in [0.29, 0.717) is 13.2 Å². The molecule has 1 atom stereocenters. The second kappa shape index (κ2) is 8.94. The van der Waals surface area contributed by atoms with E-state index in [1.54, 1.807) is 0 Å². The van der Waals surface area contributed by atoms with Gasteiger partial charge in [-0.05, 0) is 42.3 Å². The lowest BCUT2D eigenvalue weighted by Gasteiger charge is -2.19. The maximum Gasteiger partial charge on any atom is 0.162 e. The third-order valence-corrected chi connectivity index (χ3v) is 5.72. The zero-order chi connectivity index (χ0) is 22.8. The van der Waals surface area contributed by atoms with E-state index in [1.807, 2.05) is 48.4 Å². The highest BCUT2D eigenvalue weighted by atomic mass is 16.6. The van der Waals surface area contributed by atoms with Crippen LogP contribution in [0.25, 0.3) is 22.4 Å². The average Bonchev–Trinajstić information content (AvgIpc) is 3.30. The van der Waals surface area contributed by atoms with E-state index in [1.165, 1.54) is 5.56 Å². The van der Waals surface area contributed by atoms with Crippen LogP contribution in [0.5, 0.6) is 11.5 Å². The first-order chi connectivity index (χ1) is 16.1. The molecule has 1 N–H and O–H groups in total. The molecule has 2 aromatic carbocycles. The van der Waals surface area contributed by atoms with Gasteiger partial charge < -0.3 is 14.8 Å². The Morgan fingerprint density at radius 3 is 2.61 bits per heavy atom. The Bertz CT molecular complexity index is 1280. The summed E-state index contributed by atoms with van der Waals surface area (Å²) in [5.74, 6) is 3.12. The van der Waals surface area contributed by atoms with Crippen LogP contribution in [0.4, 0.5) is 5.82 Å². The van der Waals surface area contributed by atoms with Crippen molar-refractivity contribution >= 4 is 5.82 Å². The Labute approximate surface area is 193 Å². The minimum Gasteiger partial charge on any atom is -0.486 e. The lowest BCUT2D eigenvalue weighted by atomic mass is 10.0. The topological polar surface area (TPSA) is 74.1 Å². The number of nitrogens with one attached hydrogen (secondary N) is 1. The maximum absolute atomic E-state index is 5.75. The zero-order valence-electron chi connectivity index (χ0n) is 19.1. The molecule has 0 aliphatic carbocycles. The predicted octanol–water partition coefficient (Wildman–Crippen LogP) is 5.05. The fourth-order valence-corrected chi connectivity index (χ4v) is 3.94. The summed E-state index contributed by atoms with van der Waals surface area (Å²) < 4.78 is 13.2. The van der Waals surface area contributed by atoms with E-state index in [4.69, 9.17) is 19.4 Å². The standard InChI is InChI=1S/C26H27N5O2/c1-4-25-29-22(20-8-9-23-24(13-20)33-11-10-32-23)14-26(30-25)28-17(2)18-6-5-7-19(12-18)21-15-27-31(3)16-21/h5-9,12-17H,4,10-11H2,1-3H3,(H,28,29,30). The van der Waals surface area contributed by atoms with Crippen molar-refractivity contribution in [2.45, 2.75) is 26.3 Å². The number of hydrogen-bond donors (Lipinski definition) is 1. The summed E-state index contributed by atoms with van der Waals surface area (Å²) in [6.07, 6.45) is 4.65. The fraction of sp³-hybridized carbons (Fsp3) is 0.269. The summed E-state index contributed by atoms with van der Waals surface area (Å²) in [5.41, 5.74) is 5.25. The Balaban J connectivity index is 1.42. The van der Waals surface area contributed by atoms with Gasteiger partial charge in [0.25, 0.3) is 0 Å². The van der Waals surface area contributed by atoms with Crippen molar-refractivity contribution in [1.29, 1.82) is 0 Å². The van der Waals surface area contributed by atoms with Crippen LogP contribution in [0.2, 0.25) is 0 Å². The number of aromatic nitrogens is 4. The number of benzene rings is 2. The number of fused-ring (bicyclic) bond motifs is 1. The minimum absolute atomic E-state index is 0.0642. The van der Waals surface area contributed by atoms with Crippen molar-refractivity contribution in [2.75, 3.05) is 18.5 Å². The first kappa shape index (κ1) is 21.0. The SMILES string of the molecule is CCc1nc(NC(C)c2cccc(-c3cnn(C)c3)c2)cc(-c2ccc3c(c2)OCCO3)n1. The van der Waals surface area contributed by atoms with Gasteiger partial charge in [0.1, 0.15) is 24.9 Å². The van der Waals surface area contributed by atoms with Gasteiger partial charge in [0.15, 0.2) is 11.5 Å². The number of ether oxygens (including phenoxy) is 2. The Morgan fingerprint density at radius 2 is 1.82 bits per heavy atom. The molecule has 1 aliphatic heterocycles. The van der Waals surface area contributed by atoms with E-state index < -0.39 is 0 Å². The molecule has 1 unspecified atom stereocenters. The van der Waals surface area contributed by atoms with Gasteiger partial charge in [-0.25, -0.2) is 9.97 Å². The lowest BCUT2D eigenvalue weighted by Crippen LogP contribution is -2.15. The Hall–Kier alpha value is -3.87. The summed E-state index contributed by atoms with van der Waals surface area (Å²) in [5, 5.41) is 7.85. The van der Waals surface area contributed by atoms with E-state index in [-0.39, 0.29) is 6.04 Å². The Morgan fingerprint density at radius 1 is 0.970 bits per heavy atom. The van der Waals surface area contributed by atoms with Gasteiger partial charge in [0.05, 0.1) is 11.9 Å². The predicted molar refractivity (Wildman–Crippen MR) is 129 cm³/mol. The molecule has 7 heteroatoms. The number of rotatable bonds is 6. The molecule has 0 saturated carbocycles. The summed E-state index contributed by atoms with van der Waals surface area (Å²) in [6.45, 7) is 5.34. The summed E-state index contributed by atoms with van der Waals surface area (Å²) in [4.78, 5) is 9.47. The van der Waals surface area contributed by atoms with Gasteiger partial charge in [-0.2, -0.15) is 5.10 Å². The van der Waals surface area contributed by atoms with E-state index >= 15 is 0 Å². The van der Waals surface area contributed by atoms with Crippen LogP contribution in [0.15, 0.2) is 60.9 Å². The molecule has 1 aliphatic rings. The van der Waals surface area contributed by atoms with Crippen molar-refractivity contribution in [2.24, 2.45) is 7.05 Å². The highest BCUT2D eigenvalue weighted by Crippen LogP contribution is 2.34. The third-order valence-electron chi connectivity index (χ3n) is 5.72. The summed E-state index contributed by atoms with van der Waals surface area (Å²) >= 11 is 0. The van der Waals surface area contributed by atoms with E-state index in [2.05, 4.69) is 48.5 Å². The van der Waals surface area contributed by atoms with Gasteiger partial charge in [0.2, 0.25) is 0 Å². The zero-order valence-corrected chi connectivity index (χ0v) is 19.1. The quantitative estimate of drug-likeness (QED) is 0.451. The molecule has 4 aromatic rings. The normalized spacial score (nSPS) is 13.5.